The normalized spacial score (nSPS) is 26.9. The summed E-state index contributed by atoms with van der Waals surface area (Å²) in [6.07, 6.45) is 12.0. The zero-order valence-electron chi connectivity index (χ0n) is 50.3. The van der Waals surface area contributed by atoms with Gasteiger partial charge in [0.15, 0.2) is 11.6 Å². The van der Waals surface area contributed by atoms with Crippen LogP contribution in [-0.2, 0) is 38.7 Å². The number of ether oxygens (including phenoxy) is 6. The molecular weight excluding hydrogens is 1170 g/mol. The number of carboxylic acids is 1. The third kappa shape index (κ3) is 13.2. The molecule has 0 radical (unpaired) electrons. The van der Waals surface area contributed by atoms with E-state index in [0.717, 1.165) is 53.3 Å². The molecule has 4 aromatic carbocycles. The van der Waals surface area contributed by atoms with E-state index in [1.165, 1.54) is 9.80 Å². The number of hydrogen-bond acceptors (Lipinski definition) is 16. The van der Waals surface area contributed by atoms with Gasteiger partial charge in [-0.3, -0.25) is 33.7 Å². The molecule has 5 fully saturated rings. The summed E-state index contributed by atoms with van der Waals surface area (Å²) >= 11 is 0. The van der Waals surface area contributed by atoms with Gasteiger partial charge >= 0.3 is 18.2 Å². The summed E-state index contributed by atoms with van der Waals surface area (Å²) in [4.78, 5) is 92.7. The quantitative estimate of drug-likeness (QED) is 0.108. The predicted molar refractivity (Wildman–Crippen MR) is 333 cm³/mol. The van der Waals surface area contributed by atoms with E-state index in [2.05, 4.69) is 4.72 Å². The summed E-state index contributed by atoms with van der Waals surface area (Å²) in [5.74, 6) is -0.205. The Morgan fingerprint density at radius 1 is 0.611 bits per heavy atom. The average Bonchev–Trinajstić information content (AvgIpc) is 1.62. The number of carbonyl (C=O) groups excluding carboxylic acids is 5. The highest BCUT2D eigenvalue weighted by Crippen LogP contribution is 2.58. The number of Topliss-reactive ketones (excluding diaryl/α,β-unsaturated/α-hetero) is 2. The first-order valence-corrected chi connectivity index (χ1v) is 32.6. The molecule has 3 aliphatic carbocycles. The van der Waals surface area contributed by atoms with E-state index >= 15 is 0 Å². The van der Waals surface area contributed by atoms with Crippen molar-refractivity contribution in [3.8, 4) is 45.5 Å². The number of cyclic esters (lactones) is 2. The van der Waals surface area contributed by atoms with Crippen molar-refractivity contribution < 1.29 is 70.7 Å². The number of allylic oxidation sites excluding steroid dienone is 4. The molecule has 6 heterocycles. The minimum absolute atomic E-state index is 0.106. The second kappa shape index (κ2) is 25.9. The zero-order chi connectivity index (χ0) is 62.7. The van der Waals surface area contributed by atoms with Crippen LogP contribution in [0.5, 0.6) is 23.0 Å². The Kier molecular flexibility index (Phi) is 17.7. The molecule has 2 N–H and O–H groups in total. The number of benzene rings is 4. The van der Waals surface area contributed by atoms with Crippen molar-refractivity contribution in [1.82, 2.24) is 24.5 Å². The van der Waals surface area contributed by atoms with Gasteiger partial charge in [-0.15, -0.1) is 0 Å². The number of aliphatic carboxylic acids is 1. The average molecular weight is 1240 g/mol. The Morgan fingerprint density at radius 2 is 1.07 bits per heavy atom. The van der Waals surface area contributed by atoms with Gasteiger partial charge in [0.1, 0.15) is 35.2 Å². The van der Waals surface area contributed by atoms with E-state index in [4.69, 9.17) is 38.4 Å². The number of sulfonamides is 1. The van der Waals surface area contributed by atoms with Gasteiger partial charge in [0.25, 0.3) is 0 Å². The van der Waals surface area contributed by atoms with Crippen molar-refractivity contribution in [3.05, 3.63) is 133 Å². The van der Waals surface area contributed by atoms with Gasteiger partial charge in [-0.2, -0.15) is 0 Å². The van der Waals surface area contributed by atoms with Gasteiger partial charge in [0.05, 0.1) is 91.1 Å². The van der Waals surface area contributed by atoms with E-state index < -0.39 is 74.5 Å². The van der Waals surface area contributed by atoms with Crippen molar-refractivity contribution in [2.24, 2.45) is 22.7 Å². The molecule has 8 atom stereocenters. The number of amides is 3. The zero-order valence-corrected chi connectivity index (χ0v) is 51.1. The van der Waals surface area contributed by atoms with Crippen molar-refractivity contribution in [2.75, 3.05) is 40.5 Å². The molecule has 2 aromatic heterocycles. The highest BCUT2D eigenvalue weighted by atomic mass is 32.2. The number of nitrogens with one attached hydrogen (secondary N) is 1. The number of ketones is 2. The fourth-order valence-corrected chi connectivity index (χ4v) is 14.4. The smallest absolute Gasteiger partial charge is 0.410 e. The molecule has 2 saturated heterocycles. The molecule has 90 heavy (non-hydrogen) atoms. The number of hydrogen-bond donors (Lipinski definition) is 2. The third-order valence-corrected chi connectivity index (χ3v) is 20.3. The van der Waals surface area contributed by atoms with Crippen LogP contribution in [0.15, 0.2) is 133 Å². The van der Waals surface area contributed by atoms with Gasteiger partial charge in [-0.05, 0) is 100 Å². The van der Waals surface area contributed by atoms with Crippen LogP contribution in [0.25, 0.3) is 44.3 Å². The number of carbonyl (C=O) groups is 6. The maximum absolute atomic E-state index is 14.1. The highest BCUT2D eigenvalue weighted by molar-refractivity contribution is 7.91. The summed E-state index contributed by atoms with van der Waals surface area (Å²) in [6.45, 7) is 0.741. The number of methoxy groups -OCH3 is 2. The molecule has 4 aliphatic heterocycles. The number of carboxylic acid groups (broad SMARTS) is 1. The minimum atomic E-state index is -3.79. The molecular formula is C69H73N5O15S. The number of aromatic nitrogens is 2. The number of rotatable bonds is 12. The lowest BCUT2D eigenvalue weighted by molar-refractivity contribution is -0.146. The van der Waals surface area contributed by atoms with E-state index in [1.807, 2.05) is 133 Å². The standard InChI is InChI=1S/C36H39N3O8S.C33H34N2O7/c1-45-25-12-15-28-30(17-25)37-29(23-9-5-4-6-10-23)19-33(28)47-26-18-31-32(40)21-36(34(41)38-48(43,44)27-13-14-27)20-24(36)11-7-2-3-8-16-46-35(42)39(31)22-26;1-40-23-12-13-25-27(15-23)34-26(21-9-5-4-6-10-21)17-30(25)42-24-16-28-29(36)19-33(31(37)38)18-22(33)11-7-2-3-8-14-41-32(39)35(28)20-24/h4-7,9-12,15,17,19,24,26-27,31H,2-3,8,13-14,16,18,20-22H2,1H3,(H,38,41);4-7,9-13,15,17,22,24,28H,2-3,8,14,16,18-20H2,1H3,(H,37,38)/b2*11-7-/t24-,26-,31+,36-;22-,24-,28+,33-/m11/s1. The lowest BCUT2D eigenvalue weighted by atomic mass is 9.91. The Morgan fingerprint density at radius 3 is 1.52 bits per heavy atom. The molecule has 13 rings (SSSR count). The first kappa shape index (κ1) is 61.4. The topological polar surface area (TPSA) is 256 Å². The van der Waals surface area contributed by atoms with Crippen LogP contribution in [0.1, 0.15) is 89.9 Å². The van der Waals surface area contributed by atoms with Crippen molar-refractivity contribution >= 4 is 67.5 Å². The number of fused-ring (bicyclic) bond motifs is 6. The third-order valence-electron chi connectivity index (χ3n) is 18.5. The van der Waals surface area contributed by atoms with E-state index in [0.29, 0.717) is 78.3 Å². The van der Waals surface area contributed by atoms with Crippen molar-refractivity contribution in [1.29, 1.82) is 0 Å². The van der Waals surface area contributed by atoms with Gasteiger partial charge in [-0.25, -0.2) is 28.0 Å². The number of pyridine rings is 2. The van der Waals surface area contributed by atoms with Crippen LogP contribution in [0.3, 0.4) is 0 Å². The molecule has 470 valence electrons. The monoisotopic (exact) mass is 1240 g/mol. The molecule has 20 nitrogen and oxygen atoms in total. The summed E-state index contributed by atoms with van der Waals surface area (Å²) in [6, 6.07) is 32.6. The van der Waals surface area contributed by atoms with E-state index in [1.54, 1.807) is 14.2 Å². The van der Waals surface area contributed by atoms with Gasteiger partial charge in [-0.1, -0.05) is 85.0 Å². The first-order chi connectivity index (χ1) is 43.5. The molecule has 0 spiro atoms. The second-order valence-electron chi connectivity index (χ2n) is 24.6. The highest BCUT2D eigenvalue weighted by Gasteiger charge is 2.63. The summed E-state index contributed by atoms with van der Waals surface area (Å²) in [5.41, 5.74) is 2.29. The van der Waals surface area contributed by atoms with Crippen LogP contribution in [0.4, 0.5) is 9.59 Å². The Balaban J connectivity index is 0.000000176. The van der Waals surface area contributed by atoms with Crippen LogP contribution < -0.4 is 23.7 Å². The molecule has 0 unspecified atom stereocenters. The van der Waals surface area contributed by atoms with E-state index in [9.17, 15) is 42.3 Å². The van der Waals surface area contributed by atoms with Gasteiger partial charge in [0.2, 0.25) is 15.9 Å². The Labute approximate surface area is 521 Å². The van der Waals surface area contributed by atoms with Gasteiger partial charge in [0, 0.05) is 71.8 Å². The molecule has 3 saturated carbocycles. The number of nitrogens with zero attached hydrogens (tertiary/aromatic N) is 4. The summed E-state index contributed by atoms with van der Waals surface area (Å²) in [5, 5.41) is 11.0. The van der Waals surface area contributed by atoms with Crippen LogP contribution in [-0.4, -0.2) is 139 Å². The largest absolute Gasteiger partial charge is 0.497 e. The maximum Gasteiger partial charge on any atom is 0.410 e. The second-order valence-corrected chi connectivity index (χ2v) is 26.5. The first-order valence-electron chi connectivity index (χ1n) is 31.0. The van der Waals surface area contributed by atoms with E-state index in [-0.39, 0.29) is 75.4 Å². The summed E-state index contributed by atoms with van der Waals surface area (Å²) < 4.78 is 62.8. The summed E-state index contributed by atoms with van der Waals surface area (Å²) in [7, 11) is -0.604. The molecule has 7 aliphatic rings. The molecule has 6 aromatic rings. The SMILES string of the molecule is COc1ccc2c(O[C@@H]3C[C@H]4C(=O)C[C@]5(C(=O)NS(=O)(=O)C6CC6)C[C@H]5/C=C\CCCCOC(=O)N4C3)cc(-c3ccccc3)nc2c1.COc1ccc2c(O[C@@H]3C[C@H]4C(=O)C[C@]5(C(=O)O)C[C@H]5/C=C\CCCCOC(=O)N4C3)cc(-c3ccccc3)nc2c1. The maximum atomic E-state index is 14.1. The van der Waals surface area contributed by atoms with Crippen LogP contribution >= 0.6 is 0 Å². The lowest BCUT2D eigenvalue weighted by Gasteiger charge is -2.25. The van der Waals surface area contributed by atoms with Crippen LogP contribution in [0.2, 0.25) is 0 Å². The van der Waals surface area contributed by atoms with Gasteiger partial charge < -0.3 is 33.5 Å². The lowest BCUT2D eigenvalue weighted by Crippen LogP contribution is -2.45. The molecule has 0 bridgehead atoms. The fourth-order valence-electron chi connectivity index (χ4n) is 13.0. The Hall–Kier alpha value is -8.85. The molecule has 3 amide bonds. The minimum Gasteiger partial charge on any atom is -0.497 e. The Bertz CT molecular complexity index is 3920. The molecule has 21 heteroatoms. The van der Waals surface area contributed by atoms with Crippen molar-refractivity contribution in [3.63, 3.8) is 0 Å². The van der Waals surface area contributed by atoms with Crippen molar-refractivity contribution in [2.45, 2.75) is 119 Å². The van der Waals surface area contributed by atoms with Crippen LogP contribution in [0, 0.1) is 22.7 Å². The predicted octanol–water partition coefficient (Wildman–Crippen LogP) is 10.8. The fraction of sp³-hybridized carbons (Fsp3) is 0.420.